The lowest BCUT2D eigenvalue weighted by Crippen LogP contribution is -2.38. The number of rotatable bonds is 3. The van der Waals surface area contributed by atoms with E-state index in [1.807, 2.05) is 0 Å². The predicted octanol–water partition coefficient (Wildman–Crippen LogP) is 1.65. The second-order valence-corrected chi connectivity index (χ2v) is 4.79. The lowest BCUT2D eigenvalue weighted by atomic mass is 10.2. The first-order valence-corrected chi connectivity index (χ1v) is 6.43. The van der Waals surface area contributed by atoms with Crippen molar-refractivity contribution in [2.24, 2.45) is 4.99 Å². The molecule has 4 nitrogen and oxygen atoms in total. The maximum Gasteiger partial charge on any atom is 0.191 e. The minimum absolute atomic E-state index is 0.459. The number of benzene rings is 1. The molecular weight excluding hydrogens is 224 g/mol. The van der Waals surface area contributed by atoms with Gasteiger partial charge in [0, 0.05) is 30.2 Å². The summed E-state index contributed by atoms with van der Waals surface area (Å²) in [5.41, 5.74) is 2.47. The van der Waals surface area contributed by atoms with Crippen LogP contribution in [-0.2, 0) is 6.42 Å². The molecule has 0 amide bonds. The van der Waals surface area contributed by atoms with Crippen molar-refractivity contribution < 1.29 is 0 Å². The zero-order valence-corrected chi connectivity index (χ0v) is 10.5. The molecule has 0 bridgehead atoms. The second-order valence-electron chi connectivity index (χ2n) is 4.79. The van der Waals surface area contributed by atoms with Gasteiger partial charge in [-0.05, 0) is 24.4 Å². The summed E-state index contributed by atoms with van der Waals surface area (Å²) in [7, 11) is 0. The Bertz CT molecular complexity index is 537. The van der Waals surface area contributed by atoms with E-state index in [0.717, 1.165) is 25.5 Å². The summed E-state index contributed by atoms with van der Waals surface area (Å²) in [6.45, 7) is 3.90. The highest BCUT2D eigenvalue weighted by molar-refractivity contribution is 5.82. The quantitative estimate of drug-likeness (QED) is 0.766. The smallest absolute Gasteiger partial charge is 0.191 e. The van der Waals surface area contributed by atoms with Gasteiger partial charge in [-0.25, -0.2) is 0 Å². The number of nitrogens with zero attached hydrogens (tertiary/aromatic N) is 1. The molecule has 0 spiro atoms. The largest absolute Gasteiger partial charge is 0.358 e. The molecule has 0 aliphatic carbocycles. The van der Waals surface area contributed by atoms with Crippen molar-refractivity contribution >= 4 is 16.9 Å². The minimum atomic E-state index is 0.459. The SMILES string of the molecule is CC1CN=C(NCCc2cc3ccccc3[nH]2)N1. The van der Waals surface area contributed by atoms with Crippen molar-refractivity contribution in [3.05, 3.63) is 36.0 Å². The van der Waals surface area contributed by atoms with Crippen molar-refractivity contribution in [1.82, 2.24) is 15.6 Å². The van der Waals surface area contributed by atoms with Crippen LogP contribution in [0.25, 0.3) is 10.9 Å². The molecule has 2 aromatic rings. The maximum absolute atomic E-state index is 4.37. The number of nitrogens with one attached hydrogen (secondary N) is 3. The van der Waals surface area contributed by atoms with Crippen LogP contribution in [0.3, 0.4) is 0 Å². The van der Waals surface area contributed by atoms with Crippen LogP contribution in [0.2, 0.25) is 0 Å². The Kier molecular flexibility index (Phi) is 2.92. The van der Waals surface area contributed by atoms with Gasteiger partial charge in [-0.15, -0.1) is 0 Å². The van der Waals surface area contributed by atoms with Crippen LogP contribution < -0.4 is 10.6 Å². The van der Waals surface area contributed by atoms with E-state index in [1.54, 1.807) is 0 Å². The third-order valence-corrected chi connectivity index (χ3v) is 3.18. The molecule has 1 aliphatic rings. The Morgan fingerprint density at radius 2 is 2.28 bits per heavy atom. The van der Waals surface area contributed by atoms with Crippen molar-refractivity contribution in [2.75, 3.05) is 13.1 Å². The monoisotopic (exact) mass is 242 g/mol. The van der Waals surface area contributed by atoms with E-state index in [4.69, 9.17) is 0 Å². The van der Waals surface area contributed by atoms with Gasteiger partial charge in [0.1, 0.15) is 0 Å². The number of fused-ring (bicyclic) bond motifs is 1. The van der Waals surface area contributed by atoms with Crippen LogP contribution in [0.4, 0.5) is 0 Å². The van der Waals surface area contributed by atoms with Gasteiger partial charge in [-0.3, -0.25) is 4.99 Å². The average molecular weight is 242 g/mol. The minimum Gasteiger partial charge on any atom is -0.358 e. The summed E-state index contributed by atoms with van der Waals surface area (Å²) >= 11 is 0. The maximum atomic E-state index is 4.37. The van der Waals surface area contributed by atoms with Gasteiger partial charge in [0.05, 0.1) is 6.54 Å². The van der Waals surface area contributed by atoms with E-state index in [9.17, 15) is 0 Å². The van der Waals surface area contributed by atoms with Gasteiger partial charge in [-0.1, -0.05) is 18.2 Å². The van der Waals surface area contributed by atoms with Gasteiger partial charge in [0.25, 0.3) is 0 Å². The molecule has 1 atom stereocenters. The predicted molar refractivity (Wildman–Crippen MR) is 74.9 cm³/mol. The molecule has 0 saturated carbocycles. The number of H-pyrrole nitrogens is 1. The molecule has 1 aliphatic heterocycles. The fourth-order valence-corrected chi connectivity index (χ4v) is 2.24. The molecule has 0 saturated heterocycles. The Hall–Kier alpha value is -1.97. The summed E-state index contributed by atoms with van der Waals surface area (Å²) in [5.74, 6) is 0.929. The second kappa shape index (κ2) is 4.72. The highest BCUT2D eigenvalue weighted by Gasteiger charge is 2.11. The summed E-state index contributed by atoms with van der Waals surface area (Å²) in [4.78, 5) is 7.80. The first-order valence-electron chi connectivity index (χ1n) is 6.43. The molecular formula is C14H18N4. The van der Waals surface area contributed by atoms with E-state index in [-0.39, 0.29) is 0 Å². The van der Waals surface area contributed by atoms with Gasteiger partial charge in [0.2, 0.25) is 0 Å². The Balaban J connectivity index is 1.57. The normalized spacial score (nSPS) is 18.7. The number of aromatic nitrogens is 1. The third kappa shape index (κ3) is 2.32. The van der Waals surface area contributed by atoms with Gasteiger partial charge in [-0.2, -0.15) is 0 Å². The molecule has 94 valence electrons. The molecule has 4 heteroatoms. The molecule has 3 rings (SSSR count). The van der Waals surface area contributed by atoms with Crippen molar-refractivity contribution in [3.8, 4) is 0 Å². The fraction of sp³-hybridized carbons (Fsp3) is 0.357. The molecule has 2 heterocycles. The highest BCUT2D eigenvalue weighted by atomic mass is 15.2. The first kappa shape index (κ1) is 11.1. The van der Waals surface area contributed by atoms with Gasteiger partial charge in [0.15, 0.2) is 5.96 Å². The lowest BCUT2D eigenvalue weighted by Gasteiger charge is -2.07. The fourth-order valence-electron chi connectivity index (χ4n) is 2.24. The van der Waals surface area contributed by atoms with Crippen LogP contribution in [-0.4, -0.2) is 30.1 Å². The number of guanidine groups is 1. The van der Waals surface area contributed by atoms with Gasteiger partial charge >= 0.3 is 0 Å². The number of hydrogen-bond acceptors (Lipinski definition) is 3. The number of hydrogen-bond donors (Lipinski definition) is 3. The van der Waals surface area contributed by atoms with Crippen LogP contribution in [0, 0.1) is 0 Å². The van der Waals surface area contributed by atoms with Crippen molar-refractivity contribution in [2.45, 2.75) is 19.4 Å². The molecule has 0 radical (unpaired) electrons. The van der Waals surface area contributed by atoms with E-state index in [1.165, 1.54) is 16.6 Å². The zero-order chi connectivity index (χ0) is 12.4. The summed E-state index contributed by atoms with van der Waals surface area (Å²) in [5, 5.41) is 7.89. The van der Waals surface area contributed by atoms with Crippen molar-refractivity contribution in [1.29, 1.82) is 0 Å². The topological polar surface area (TPSA) is 52.2 Å². The highest BCUT2D eigenvalue weighted by Crippen LogP contribution is 2.14. The van der Waals surface area contributed by atoms with Crippen LogP contribution in [0.15, 0.2) is 35.3 Å². The van der Waals surface area contributed by atoms with E-state index >= 15 is 0 Å². The summed E-state index contributed by atoms with van der Waals surface area (Å²) < 4.78 is 0. The third-order valence-electron chi connectivity index (χ3n) is 3.18. The molecule has 18 heavy (non-hydrogen) atoms. The Morgan fingerprint density at radius 1 is 1.39 bits per heavy atom. The number of para-hydroxylation sites is 1. The molecule has 1 unspecified atom stereocenters. The van der Waals surface area contributed by atoms with E-state index < -0.39 is 0 Å². The summed E-state index contributed by atoms with van der Waals surface area (Å²) in [6, 6.07) is 11.0. The zero-order valence-electron chi connectivity index (χ0n) is 10.5. The van der Waals surface area contributed by atoms with Crippen molar-refractivity contribution in [3.63, 3.8) is 0 Å². The Labute approximate surface area is 107 Å². The van der Waals surface area contributed by atoms with Crippen LogP contribution >= 0.6 is 0 Å². The van der Waals surface area contributed by atoms with E-state index in [0.29, 0.717) is 6.04 Å². The molecule has 1 aromatic heterocycles. The first-order chi connectivity index (χ1) is 8.81. The number of aliphatic imine (C=N–C) groups is 1. The molecule has 3 N–H and O–H groups in total. The molecule has 1 aromatic carbocycles. The standard InChI is InChI=1S/C14H18N4/c1-10-9-16-14(17-10)15-7-6-12-8-11-4-2-3-5-13(11)18-12/h2-5,8,10,18H,6-7,9H2,1H3,(H2,15,16,17). The van der Waals surface area contributed by atoms with Crippen LogP contribution in [0.1, 0.15) is 12.6 Å². The summed E-state index contributed by atoms with van der Waals surface area (Å²) in [6.07, 6.45) is 0.976. The number of aromatic amines is 1. The molecule has 0 fully saturated rings. The Morgan fingerprint density at radius 3 is 3.06 bits per heavy atom. The van der Waals surface area contributed by atoms with E-state index in [2.05, 4.69) is 57.9 Å². The van der Waals surface area contributed by atoms with Gasteiger partial charge < -0.3 is 15.6 Å². The van der Waals surface area contributed by atoms with Crippen LogP contribution in [0.5, 0.6) is 0 Å². The average Bonchev–Trinajstić information content (AvgIpc) is 2.95. The lowest BCUT2D eigenvalue weighted by molar-refractivity contribution is 0.712.